The highest BCUT2D eigenvalue weighted by Gasteiger charge is 2.12. The first-order valence-corrected chi connectivity index (χ1v) is 7.23. The average Bonchev–Trinajstić information content (AvgIpc) is 2.55. The fourth-order valence-electron chi connectivity index (χ4n) is 1.71. The highest BCUT2D eigenvalue weighted by molar-refractivity contribution is 6.32. The molecule has 22 heavy (non-hydrogen) atoms. The molecule has 0 fully saturated rings. The summed E-state index contributed by atoms with van der Waals surface area (Å²) in [5.74, 6) is -0.657. The van der Waals surface area contributed by atoms with Crippen LogP contribution in [-0.2, 0) is 4.74 Å². The van der Waals surface area contributed by atoms with Crippen LogP contribution in [0.4, 0.5) is 0 Å². The van der Waals surface area contributed by atoms with Gasteiger partial charge in [0.1, 0.15) is 5.75 Å². The summed E-state index contributed by atoms with van der Waals surface area (Å²) in [5.41, 5.74) is 0.717. The molecule has 0 spiro atoms. The molecule has 0 aliphatic heterocycles. The number of carbonyl (C=O) groups is 2. The largest absolute Gasteiger partial charge is 0.462 e. The van der Waals surface area contributed by atoms with Crippen molar-refractivity contribution in [3.8, 4) is 5.75 Å². The summed E-state index contributed by atoms with van der Waals surface area (Å²) in [4.78, 5) is 23.7. The number of para-hydroxylation sites is 1. The molecule has 0 heterocycles. The van der Waals surface area contributed by atoms with Crippen LogP contribution in [0.3, 0.4) is 0 Å². The summed E-state index contributed by atoms with van der Waals surface area (Å²) in [6.45, 7) is 2.29. The molecule has 2 rings (SSSR count). The van der Waals surface area contributed by atoms with E-state index >= 15 is 0 Å². The van der Waals surface area contributed by atoms with Gasteiger partial charge in [0.05, 0.1) is 22.8 Å². The number of ether oxygens (including phenoxy) is 2. The predicted molar refractivity (Wildman–Crippen MR) is 83.4 cm³/mol. The summed E-state index contributed by atoms with van der Waals surface area (Å²) in [6.07, 6.45) is 0.758. The smallest absolute Gasteiger partial charge is 0.343 e. The second-order valence-corrected chi connectivity index (χ2v) is 4.94. The molecule has 0 saturated heterocycles. The van der Waals surface area contributed by atoms with Gasteiger partial charge in [0.25, 0.3) is 0 Å². The van der Waals surface area contributed by atoms with Crippen LogP contribution in [0.25, 0.3) is 0 Å². The lowest BCUT2D eigenvalue weighted by atomic mass is 10.1. The van der Waals surface area contributed by atoms with E-state index in [-0.39, 0.29) is 0 Å². The standard InChI is InChI=1S/C17H15ClO4/c1-2-11-21-16(19)12-7-9-13(10-8-12)17(20)22-15-6-4-3-5-14(15)18/h3-10H,2,11H2,1H3. The van der Waals surface area contributed by atoms with Crippen molar-refractivity contribution in [1.82, 2.24) is 0 Å². The Hall–Kier alpha value is -2.33. The van der Waals surface area contributed by atoms with Crippen molar-refractivity contribution < 1.29 is 19.1 Å². The molecule has 114 valence electrons. The second-order valence-electron chi connectivity index (χ2n) is 4.53. The van der Waals surface area contributed by atoms with Gasteiger partial charge in [-0.15, -0.1) is 0 Å². The number of esters is 2. The first-order valence-electron chi connectivity index (χ1n) is 6.85. The second kappa shape index (κ2) is 7.61. The molecule has 5 heteroatoms. The Bertz CT molecular complexity index is 665. The maximum Gasteiger partial charge on any atom is 0.343 e. The van der Waals surface area contributed by atoms with Crippen molar-refractivity contribution in [1.29, 1.82) is 0 Å². The minimum Gasteiger partial charge on any atom is -0.462 e. The average molecular weight is 319 g/mol. The first kappa shape index (κ1) is 16.0. The first-order chi connectivity index (χ1) is 10.6. The quantitative estimate of drug-likeness (QED) is 0.614. The number of halogens is 1. The predicted octanol–water partition coefficient (Wildman–Crippen LogP) is 4.13. The Morgan fingerprint density at radius 3 is 2.14 bits per heavy atom. The van der Waals surface area contributed by atoms with Crippen LogP contribution in [0, 0.1) is 0 Å². The van der Waals surface area contributed by atoms with Gasteiger partial charge in [0.15, 0.2) is 0 Å². The van der Waals surface area contributed by atoms with Crippen LogP contribution >= 0.6 is 11.6 Å². The van der Waals surface area contributed by atoms with Crippen molar-refractivity contribution in [2.45, 2.75) is 13.3 Å². The van der Waals surface area contributed by atoms with Crippen molar-refractivity contribution in [3.05, 3.63) is 64.7 Å². The number of hydrogen-bond acceptors (Lipinski definition) is 4. The van der Waals surface area contributed by atoms with E-state index in [1.807, 2.05) is 6.92 Å². The van der Waals surface area contributed by atoms with E-state index in [1.54, 1.807) is 24.3 Å². The maximum atomic E-state index is 12.0. The molecule has 0 amide bonds. The lowest BCUT2D eigenvalue weighted by molar-refractivity contribution is 0.0504. The lowest BCUT2D eigenvalue weighted by Crippen LogP contribution is -2.10. The molecule has 2 aromatic carbocycles. The van der Waals surface area contributed by atoms with Gasteiger partial charge in [0.2, 0.25) is 0 Å². The summed E-state index contributed by atoms with van der Waals surface area (Å²) >= 11 is 5.93. The SMILES string of the molecule is CCCOC(=O)c1ccc(C(=O)Oc2ccccc2Cl)cc1. The van der Waals surface area contributed by atoms with Crippen LogP contribution < -0.4 is 4.74 Å². The fourth-order valence-corrected chi connectivity index (χ4v) is 1.88. The highest BCUT2D eigenvalue weighted by atomic mass is 35.5. The third-order valence-corrected chi connectivity index (χ3v) is 3.15. The van der Waals surface area contributed by atoms with Crippen LogP contribution in [-0.4, -0.2) is 18.5 Å². The van der Waals surface area contributed by atoms with Crippen LogP contribution in [0.5, 0.6) is 5.75 Å². The topological polar surface area (TPSA) is 52.6 Å². The van der Waals surface area contributed by atoms with E-state index in [4.69, 9.17) is 21.1 Å². The fraction of sp³-hybridized carbons (Fsp3) is 0.176. The zero-order valence-corrected chi connectivity index (χ0v) is 12.8. The Morgan fingerprint density at radius 1 is 0.955 bits per heavy atom. The van der Waals surface area contributed by atoms with Gasteiger partial charge < -0.3 is 9.47 Å². The van der Waals surface area contributed by atoms with E-state index < -0.39 is 11.9 Å². The highest BCUT2D eigenvalue weighted by Crippen LogP contribution is 2.24. The molecular formula is C17H15ClO4. The molecule has 0 aliphatic rings. The van der Waals surface area contributed by atoms with Gasteiger partial charge in [-0.3, -0.25) is 0 Å². The van der Waals surface area contributed by atoms with Crippen LogP contribution in [0.1, 0.15) is 34.1 Å². The normalized spacial score (nSPS) is 10.1. The summed E-state index contributed by atoms with van der Waals surface area (Å²) < 4.78 is 10.2. The Labute approximate surface area is 133 Å². The van der Waals surface area contributed by atoms with E-state index in [1.165, 1.54) is 24.3 Å². The van der Waals surface area contributed by atoms with Gasteiger partial charge in [0, 0.05) is 0 Å². The molecule has 0 unspecified atom stereocenters. The van der Waals surface area contributed by atoms with Crippen molar-refractivity contribution in [2.75, 3.05) is 6.61 Å². The molecule has 0 bridgehead atoms. The van der Waals surface area contributed by atoms with Gasteiger partial charge >= 0.3 is 11.9 Å². The Morgan fingerprint density at radius 2 is 1.55 bits per heavy atom. The Kier molecular flexibility index (Phi) is 5.55. The summed E-state index contributed by atoms with van der Waals surface area (Å²) in [5, 5.41) is 0.357. The van der Waals surface area contributed by atoms with E-state index in [2.05, 4.69) is 0 Å². The maximum absolute atomic E-state index is 12.0. The van der Waals surface area contributed by atoms with E-state index in [0.717, 1.165) is 6.42 Å². The van der Waals surface area contributed by atoms with E-state index in [9.17, 15) is 9.59 Å². The van der Waals surface area contributed by atoms with E-state index in [0.29, 0.717) is 28.5 Å². The van der Waals surface area contributed by atoms with Gasteiger partial charge in [-0.2, -0.15) is 0 Å². The molecule has 0 aliphatic carbocycles. The molecule has 4 nitrogen and oxygen atoms in total. The number of benzene rings is 2. The number of hydrogen-bond donors (Lipinski definition) is 0. The minimum atomic E-state index is -0.540. The van der Waals surface area contributed by atoms with Crippen LogP contribution in [0.2, 0.25) is 5.02 Å². The van der Waals surface area contributed by atoms with Gasteiger partial charge in [-0.05, 0) is 42.8 Å². The zero-order valence-electron chi connectivity index (χ0n) is 12.0. The van der Waals surface area contributed by atoms with Crippen LogP contribution in [0.15, 0.2) is 48.5 Å². The molecule has 2 aromatic rings. The molecule has 0 aromatic heterocycles. The molecular weight excluding hydrogens is 304 g/mol. The van der Waals surface area contributed by atoms with Crippen molar-refractivity contribution in [3.63, 3.8) is 0 Å². The monoisotopic (exact) mass is 318 g/mol. The molecule has 0 atom stereocenters. The van der Waals surface area contributed by atoms with Crippen molar-refractivity contribution in [2.24, 2.45) is 0 Å². The third-order valence-electron chi connectivity index (χ3n) is 2.83. The van der Waals surface area contributed by atoms with Gasteiger partial charge in [-0.25, -0.2) is 9.59 Å². The molecule has 0 saturated carbocycles. The van der Waals surface area contributed by atoms with Gasteiger partial charge in [-0.1, -0.05) is 30.7 Å². The molecule has 0 radical (unpaired) electrons. The number of rotatable bonds is 5. The Balaban J connectivity index is 2.05. The molecule has 0 N–H and O–H groups in total. The third kappa shape index (κ3) is 4.09. The lowest BCUT2D eigenvalue weighted by Gasteiger charge is -2.07. The summed E-state index contributed by atoms with van der Waals surface area (Å²) in [7, 11) is 0. The summed E-state index contributed by atoms with van der Waals surface area (Å²) in [6, 6.07) is 12.8. The number of carbonyl (C=O) groups excluding carboxylic acids is 2. The minimum absolute atomic E-state index is 0.292. The zero-order chi connectivity index (χ0) is 15.9. The van der Waals surface area contributed by atoms with Crippen molar-refractivity contribution >= 4 is 23.5 Å².